The molecule has 0 aliphatic rings. The lowest BCUT2D eigenvalue weighted by atomic mass is 10.1. The van der Waals surface area contributed by atoms with Crippen molar-refractivity contribution in [1.29, 1.82) is 0 Å². The number of hydrogen-bond donors (Lipinski definition) is 0. The van der Waals surface area contributed by atoms with Crippen molar-refractivity contribution in [2.24, 2.45) is 0 Å². The second kappa shape index (κ2) is 6.61. The largest absolute Gasteiger partial charge is 0.298 e. The van der Waals surface area contributed by atoms with Gasteiger partial charge in [0.2, 0.25) is 9.84 Å². The molecule has 0 bridgehead atoms. The van der Waals surface area contributed by atoms with E-state index in [1.165, 1.54) is 5.41 Å². The standard InChI is InChI=1S/C21H16N2O2S/c24-26(25,18-11-5-2-6-12-18)15-21(17-9-3-1-4-10-17)23-16-22-19-13-7-8-14-20(19)23/h1-16H/b21-15-. The van der Waals surface area contributed by atoms with Crippen LogP contribution in [0.1, 0.15) is 5.56 Å². The Morgan fingerprint density at radius 1 is 0.808 bits per heavy atom. The van der Waals surface area contributed by atoms with Crippen LogP contribution in [0.5, 0.6) is 0 Å². The minimum Gasteiger partial charge on any atom is -0.298 e. The molecule has 0 saturated carbocycles. The van der Waals surface area contributed by atoms with Crippen molar-refractivity contribution in [3.63, 3.8) is 0 Å². The first-order valence-corrected chi connectivity index (χ1v) is 9.69. The molecule has 0 spiro atoms. The molecule has 0 aliphatic heterocycles. The zero-order valence-electron chi connectivity index (χ0n) is 13.9. The summed E-state index contributed by atoms with van der Waals surface area (Å²) in [4.78, 5) is 4.66. The zero-order valence-corrected chi connectivity index (χ0v) is 14.7. The van der Waals surface area contributed by atoms with Crippen molar-refractivity contribution < 1.29 is 8.42 Å². The molecule has 1 aromatic heterocycles. The summed E-state index contributed by atoms with van der Waals surface area (Å²) in [6, 6.07) is 25.5. The third kappa shape index (κ3) is 3.05. The van der Waals surface area contributed by atoms with Gasteiger partial charge in [-0.1, -0.05) is 60.7 Å². The van der Waals surface area contributed by atoms with Gasteiger partial charge in [-0.2, -0.15) is 0 Å². The zero-order chi connectivity index (χ0) is 18.0. The Kier molecular flexibility index (Phi) is 4.14. The fourth-order valence-electron chi connectivity index (χ4n) is 2.85. The van der Waals surface area contributed by atoms with Gasteiger partial charge in [0.1, 0.15) is 6.33 Å². The van der Waals surface area contributed by atoms with Gasteiger partial charge in [0, 0.05) is 0 Å². The average molecular weight is 360 g/mol. The van der Waals surface area contributed by atoms with Crippen LogP contribution in [0.3, 0.4) is 0 Å². The molecule has 1 heterocycles. The van der Waals surface area contributed by atoms with Gasteiger partial charge in [-0.15, -0.1) is 0 Å². The fraction of sp³-hybridized carbons (Fsp3) is 0. The Labute approximate surface area is 152 Å². The van der Waals surface area contributed by atoms with Gasteiger partial charge >= 0.3 is 0 Å². The molecule has 0 atom stereocenters. The van der Waals surface area contributed by atoms with Crippen LogP contribution in [0.2, 0.25) is 0 Å². The molecule has 4 aromatic rings. The molecule has 3 aromatic carbocycles. The first kappa shape index (κ1) is 16.3. The molecule has 0 radical (unpaired) electrons. The number of nitrogens with zero attached hydrogens (tertiary/aromatic N) is 2. The number of hydrogen-bond acceptors (Lipinski definition) is 3. The van der Waals surface area contributed by atoms with Crippen LogP contribution in [0.4, 0.5) is 0 Å². The number of sulfone groups is 1. The van der Waals surface area contributed by atoms with E-state index in [0.29, 0.717) is 5.70 Å². The van der Waals surface area contributed by atoms with E-state index in [9.17, 15) is 8.42 Å². The Bertz CT molecular complexity index is 1180. The number of benzene rings is 3. The molecule has 4 nitrogen and oxygen atoms in total. The highest BCUT2D eigenvalue weighted by atomic mass is 32.2. The Morgan fingerprint density at radius 3 is 2.15 bits per heavy atom. The summed E-state index contributed by atoms with van der Waals surface area (Å²) >= 11 is 0. The third-order valence-corrected chi connectivity index (χ3v) is 5.58. The summed E-state index contributed by atoms with van der Waals surface area (Å²) in [5, 5.41) is 1.31. The van der Waals surface area contributed by atoms with Crippen molar-refractivity contribution in [3.05, 3.63) is 102 Å². The lowest BCUT2D eigenvalue weighted by Crippen LogP contribution is -2.03. The van der Waals surface area contributed by atoms with Gasteiger partial charge in [-0.25, -0.2) is 13.4 Å². The summed E-state index contributed by atoms with van der Waals surface area (Å²) in [6.07, 6.45) is 1.66. The number of rotatable bonds is 4. The predicted molar refractivity (Wildman–Crippen MR) is 103 cm³/mol. The first-order valence-electron chi connectivity index (χ1n) is 8.15. The van der Waals surface area contributed by atoms with Crippen LogP contribution in [0.25, 0.3) is 16.7 Å². The highest BCUT2D eigenvalue weighted by Crippen LogP contribution is 2.25. The van der Waals surface area contributed by atoms with Crippen LogP contribution in [0.15, 0.2) is 102 Å². The van der Waals surface area contributed by atoms with Crippen LogP contribution in [-0.4, -0.2) is 18.0 Å². The maximum Gasteiger partial charge on any atom is 0.201 e. The molecule has 0 aliphatic carbocycles. The van der Waals surface area contributed by atoms with Crippen LogP contribution < -0.4 is 0 Å². The second-order valence-corrected chi connectivity index (χ2v) is 7.63. The van der Waals surface area contributed by atoms with Crippen molar-refractivity contribution >= 4 is 26.6 Å². The summed E-state index contributed by atoms with van der Waals surface area (Å²) in [5.74, 6) is 0. The van der Waals surface area contributed by atoms with Crippen LogP contribution >= 0.6 is 0 Å². The molecule has 0 N–H and O–H groups in total. The van der Waals surface area contributed by atoms with Crippen molar-refractivity contribution in [2.75, 3.05) is 0 Å². The van der Waals surface area contributed by atoms with Crippen molar-refractivity contribution in [2.45, 2.75) is 4.90 Å². The normalized spacial score (nSPS) is 12.4. The van der Waals surface area contributed by atoms with E-state index in [-0.39, 0.29) is 4.90 Å². The molecule has 128 valence electrons. The highest BCUT2D eigenvalue weighted by molar-refractivity contribution is 7.94. The van der Waals surface area contributed by atoms with Gasteiger partial charge in [0.05, 0.1) is 27.0 Å². The highest BCUT2D eigenvalue weighted by Gasteiger charge is 2.16. The first-order chi connectivity index (χ1) is 12.6. The van der Waals surface area contributed by atoms with Crippen molar-refractivity contribution in [3.8, 4) is 0 Å². The number of fused-ring (bicyclic) bond motifs is 1. The molecular formula is C21H16N2O2S. The van der Waals surface area contributed by atoms with Gasteiger partial charge in [0.25, 0.3) is 0 Å². The summed E-state index contributed by atoms with van der Waals surface area (Å²) in [6.45, 7) is 0. The van der Waals surface area contributed by atoms with E-state index < -0.39 is 9.84 Å². The molecule has 0 unspecified atom stereocenters. The average Bonchev–Trinajstić information content (AvgIpc) is 3.11. The molecule has 0 amide bonds. The molecule has 0 fully saturated rings. The summed E-state index contributed by atoms with van der Waals surface area (Å²) in [7, 11) is -3.61. The van der Waals surface area contributed by atoms with Gasteiger partial charge < -0.3 is 0 Å². The van der Waals surface area contributed by atoms with E-state index in [1.807, 2.05) is 59.2 Å². The molecule has 5 heteroatoms. The quantitative estimate of drug-likeness (QED) is 0.543. The maximum atomic E-state index is 12.9. The smallest absolute Gasteiger partial charge is 0.201 e. The Balaban J connectivity index is 1.96. The second-order valence-electron chi connectivity index (χ2n) is 5.83. The minimum atomic E-state index is -3.61. The van der Waals surface area contributed by atoms with Gasteiger partial charge in [-0.3, -0.25) is 4.57 Å². The number of imidazole rings is 1. The van der Waals surface area contributed by atoms with Crippen molar-refractivity contribution in [1.82, 2.24) is 9.55 Å². The van der Waals surface area contributed by atoms with E-state index >= 15 is 0 Å². The topological polar surface area (TPSA) is 52.0 Å². The van der Waals surface area contributed by atoms with E-state index in [1.54, 1.807) is 36.7 Å². The van der Waals surface area contributed by atoms with E-state index in [2.05, 4.69) is 4.98 Å². The van der Waals surface area contributed by atoms with E-state index in [4.69, 9.17) is 0 Å². The predicted octanol–water partition coefficient (Wildman–Crippen LogP) is 4.36. The third-order valence-electron chi connectivity index (χ3n) is 4.12. The lowest BCUT2D eigenvalue weighted by Gasteiger charge is -2.11. The number of para-hydroxylation sites is 2. The summed E-state index contributed by atoms with van der Waals surface area (Å²) in [5.41, 5.74) is 3.02. The van der Waals surface area contributed by atoms with Gasteiger partial charge in [-0.05, 0) is 29.8 Å². The molecule has 26 heavy (non-hydrogen) atoms. The number of aromatic nitrogens is 2. The van der Waals surface area contributed by atoms with Crippen LogP contribution in [-0.2, 0) is 9.84 Å². The monoisotopic (exact) mass is 360 g/mol. The Hall–Kier alpha value is -3.18. The van der Waals surface area contributed by atoms with E-state index in [0.717, 1.165) is 16.6 Å². The van der Waals surface area contributed by atoms with Gasteiger partial charge in [0.15, 0.2) is 0 Å². The molecule has 0 saturated heterocycles. The maximum absolute atomic E-state index is 12.9. The lowest BCUT2D eigenvalue weighted by molar-refractivity contribution is 0.604. The SMILES string of the molecule is O=S(=O)(/C=C(/c1ccccc1)n1cnc2ccccc21)c1ccccc1. The molecular weight excluding hydrogens is 344 g/mol. The summed E-state index contributed by atoms with van der Waals surface area (Å²) < 4.78 is 27.7. The fourth-order valence-corrected chi connectivity index (χ4v) is 4.07. The Morgan fingerprint density at radius 2 is 1.42 bits per heavy atom. The molecule has 4 rings (SSSR count). The van der Waals surface area contributed by atoms with Crippen LogP contribution in [0, 0.1) is 0 Å². The minimum absolute atomic E-state index is 0.262.